The highest BCUT2D eigenvalue weighted by molar-refractivity contribution is 5.84. The molecule has 0 aliphatic rings. The predicted molar refractivity (Wildman–Crippen MR) is 83.0 cm³/mol. The molecule has 0 spiro atoms. The fraction of sp³-hybridized carbons (Fsp3) is 0.111. The lowest BCUT2D eigenvalue weighted by Crippen LogP contribution is -1.94. The number of rotatable bonds is 5. The summed E-state index contributed by atoms with van der Waals surface area (Å²) in [6.07, 6.45) is 4.82. The largest absolute Gasteiger partial charge is 0.489 e. The normalized spacial score (nSPS) is 10.6. The summed E-state index contributed by atoms with van der Waals surface area (Å²) < 4.78 is 5.86. The van der Waals surface area contributed by atoms with Crippen molar-refractivity contribution in [2.45, 2.75) is 13.0 Å². The van der Waals surface area contributed by atoms with Gasteiger partial charge >= 0.3 is 0 Å². The van der Waals surface area contributed by atoms with Crippen LogP contribution in [0, 0.1) is 0 Å². The van der Waals surface area contributed by atoms with E-state index in [9.17, 15) is 0 Å². The Kier molecular flexibility index (Phi) is 3.55. The SMILES string of the molecule is C=CCc1c[nH]c2ccc(OCc3ccccc3)cc12. The van der Waals surface area contributed by atoms with Gasteiger partial charge in [-0.05, 0) is 35.7 Å². The van der Waals surface area contributed by atoms with Crippen LogP contribution in [0.3, 0.4) is 0 Å². The standard InChI is InChI=1S/C18H17NO/c1-2-6-15-12-19-18-10-9-16(11-17(15)18)20-13-14-7-4-3-5-8-14/h2-5,7-12,19H,1,6,13H2. The highest BCUT2D eigenvalue weighted by Gasteiger charge is 2.04. The van der Waals surface area contributed by atoms with Crippen molar-refractivity contribution in [2.75, 3.05) is 0 Å². The molecule has 3 aromatic rings. The van der Waals surface area contributed by atoms with Crippen LogP contribution in [0.15, 0.2) is 67.4 Å². The van der Waals surface area contributed by atoms with Gasteiger partial charge in [0.05, 0.1) is 0 Å². The zero-order valence-electron chi connectivity index (χ0n) is 11.3. The van der Waals surface area contributed by atoms with Crippen molar-refractivity contribution in [3.8, 4) is 5.75 Å². The molecule has 0 atom stereocenters. The maximum Gasteiger partial charge on any atom is 0.120 e. The molecule has 2 aromatic carbocycles. The van der Waals surface area contributed by atoms with Gasteiger partial charge in [-0.3, -0.25) is 0 Å². The number of benzene rings is 2. The van der Waals surface area contributed by atoms with E-state index in [4.69, 9.17) is 4.74 Å². The number of aromatic nitrogens is 1. The lowest BCUT2D eigenvalue weighted by Gasteiger charge is -2.06. The lowest BCUT2D eigenvalue weighted by molar-refractivity contribution is 0.306. The smallest absolute Gasteiger partial charge is 0.120 e. The molecule has 100 valence electrons. The Hall–Kier alpha value is -2.48. The number of allylic oxidation sites excluding steroid dienone is 1. The predicted octanol–water partition coefficient (Wildman–Crippen LogP) is 4.48. The second kappa shape index (κ2) is 5.66. The molecule has 0 aliphatic heterocycles. The molecule has 0 saturated heterocycles. The van der Waals surface area contributed by atoms with E-state index in [1.54, 1.807) is 0 Å². The molecule has 1 heterocycles. The molecule has 0 amide bonds. The van der Waals surface area contributed by atoms with Crippen LogP contribution in [0.4, 0.5) is 0 Å². The summed E-state index contributed by atoms with van der Waals surface area (Å²) in [6, 6.07) is 16.3. The summed E-state index contributed by atoms with van der Waals surface area (Å²) in [7, 11) is 0. The average Bonchev–Trinajstić information content (AvgIpc) is 2.89. The number of fused-ring (bicyclic) bond motifs is 1. The van der Waals surface area contributed by atoms with Gasteiger partial charge in [0.2, 0.25) is 0 Å². The first-order valence-corrected chi connectivity index (χ1v) is 6.74. The first kappa shape index (κ1) is 12.5. The maximum absolute atomic E-state index is 5.86. The summed E-state index contributed by atoms with van der Waals surface area (Å²) in [5, 5.41) is 1.20. The van der Waals surface area contributed by atoms with Gasteiger partial charge in [-0.1, -0.05) is 36.4 Å². The quantitative estimate of drug-likeness (QED) is 0.675. The van der Waals surface area contributed by atoms with Gasteiger partial charge in [-0.15, -0.1) is 6.58 Å². The highest BCUT2D eigenvalue weighted by Crippen LogP contribution is 2.24. The van der Waals surface area contributed by atoms with Crippen molar-refractivity contribution in [3.05, 3.63) is 78.5 Å². The highest BCUT2D eigenvalue weighted by atomic mass is 16.5. The molecule has 0 saturated carbocycles. The van der Waals surface area contributed by atoms with E-state index in [0.29, 0.717) is 6.61 Å². The molecular formula is C18H17NO. The average molecular weight is 263 g/mol. The zero-order valence-corrected chi connectivity index (χ0v) is 11.3. The Balaban J connectivity index is 1.81. The molecular weight excluding hydrogens is 246 g/mol. The number of hydrogen-bond donors (Lipinski definition) is 1. The van der Waals surface area contributed by atoms with Crippen molar-refractivity contribution in [3.63, 3.8) is 0 Å². The number of ether oxygens (including phenoxy) is 1. The molecule has 20 heavy (non-hydrogen) atoms. The van der Waals surface area contributed by atoms with Gasteiger partial charge in [0.1, 0.15) is 12.4 Å². The molecule has 0 fully saturated rings. The van der Waals surface area contributed by atoms with Gasteiger partial charge < -0.3 is 9.72 Å². The Morgan fingerprint density at radius 3 is 2.75 bits per heavy atom. The molecule has 1 aromatic heterocycles. The molecule has 0 aliphatic carbocycles. The summed E-state index contributed by atoms with van der Waals surface area (Å²) in [6.45, 7) is 4.39. The fourth-order valence-corrected chi connectivity index (χ4v) is 2.31. The van der Waals surface area contributed by atoms with Gasteiger partial charge in [-0.2, -0.15) is 0 Å². The minimum Gasteiger partial charge on any atom is -0.489 e. The van der Waals surface area contributed by atoms with Crippen LogP contribution in [-0.2, 0) is 13.0 Å². The summed E-state index contributed by atoms with van der Waals surface area (Å²) >= 11 is 0. The number of H-pyrrole nitrogens is 1. The van der Waals surface area contributed by atoms with Crippen molar-refractivity contribution < 1.29 is 4.74 Å². The van der Waals surface area contributed by atoms with Crippen LogP contribution in [0.1, 0.15) is 11.1 Å². The molecule has 3 rings (SSSR count). The van der Waals surface area contributed by atoms with E-state index in [-0.39, 0.29) is 0 Å². The van der Waals surface area contributed by atoms with Crippen LogP contribution >= 0.6 is 0 Å². The van der Waals surface area contributed by atoms with Crippen LogP contribution in [-0.4, -0.2) is 4.98 Å². The van der Waals surface area contributed by atoms with Crippen molar-refractivity contribution in [1.82, 2.24) is 4.98 Å². The Bertz CT molecular complexity index is 713. The van der Waals surface area contributed by atoms with E-state index >= 15 is 0 Å². The lowest BCUT2D eigenvalue weighted by atomic mass is 10.1. The van der Waals surface area contributed by atoms with Crippen LogP contribution in [0.2, 0.25) is 0 Å². The Morgan fingerprint density at radius 1 is 1.10 bits per heavy atom. The van der Waals surface area contributed by atoms with Crippen molar-refractivity contribution in [1.29, 1.82) is 0 Å². The first-order valence-electron chi connectivity index (χ1n) is 6.74. The van der Waals surface area contributed by atoms with E-state index in [1.165, 1.54) is 16.5 Å². The minimum absolute atomic E-state index is 0.591. The Morgan fingerprint density at radius 2 is 1.95 bits per heavy atom. The van der Waals surface area contributed by atoms with Crippen molar-refractivity contribution in [2.24, 2.45) is 0 Å². The third kappa shape index (κ3) is 2.59. The van der Waals surface area contributed by atoms with E-state index < -0.39 is 0 Å². The zero-order chi connectivity index (χ0) is 13.8. The van der Waals surface area contributed by atoms with Gasteiger partial charge in [0, 0.05) is 17.1 Å². The monoisotopic (exact) mass is 263 g/mol. The fourth-order valence-electron chi connectivity index (χ4n) is 2.31. The van der Waals surface area contributed by atoms with E-state index in [1.807, 2.05) is 36.5 Å². The second-order valence-corrected chi connectivity index (χ2v) is 4.79. The molecule has 1 N–H and O–H groups in total. The molecule has 0 radical (unpaired) electrons. The number of hydrogen-bond acceptors (Lipinski definition) is 1. The molecule has 0 bridgehead atoms. The minimum atomic E-state index is 0.591. The summed E-state index contributed by atoms with van der Waals surface area (Å²) in [4.78, 5) is 3.27. The molecule has 2 heteroatoms. The van der Waals surface area contributed by atoms with Gasteiger partial charge in [0.15, 0.2) is 0 Å². The second-order valence-electron chi connectivity index (χ2n) is 4.79. The van der Waals surface area contributed by atoms with E-state index in [0.717, 1.165) is 17.7 Å². The third-order valence-electron chi connectivity index (χ3n) is 3.35. The van der Waals surface area contributed by atoms with Crippen LogP contribution < -0.4 is 4.74 Å². The summed E-state index contributed by atoms with van der Waals surface area (Å²) in [5.41, 5.74) is 3.56. The van der Waals surface area contributed by atoms with Crippen LogP contribution in [0.25, 0.3) is 10.9 Å². The van der Waals surface area contributed by atoms with Gasteiger partial charge in [0.25, 0.3) is 0 Å². The van der Waals surface area contributed by atoms with Gasteiger partial charge in [-0.25, -0.2) is 0 Å². The van der Waals surface area contributed by atoms with Crippen LogP contribution in [0.5, 0.6) is 5.75 Å². The third-order valence-corrected chi connectivity index (χ3v) is 3.35. The maximum atomic E-state index is 5.86. The topological polar surface area (TPSA) is 25.0 Å². The number of aromatic amines is 1. The van der Waals surface area contributed by atoms with Crippen molar-refractivity contribution >= 4 is 10.9 Å². The van der Waals surface area contributed by atoms with E-state index in [2.05, 4.69) is 35.8 Å². The molecule has 0 unspecified atom stereocenters. The molecule has 2 nitrogen and oxygen atoms in total. The summed E-state index contributed by atoms with van der Waals surface area (Å²) in [5.74, 6) is 0.895. The Labute approximate surface area is 118 Å². The first-order chi connectivity index (χ1) is 9.86. The number of nitrogens with one attached hydrogen (secondary N) is 1.